The summed E-state index contributed by atoms with van der Waals surface area (Å²) in [6, 6.07) is 14.0. The zero-order chi connectivity index (χ0) is 23.7. The Balaban J connectivity index is 1.69. The van der Waals surface area contributed by atoms with E-state index in [-0.39, 0.29) is 11.4 Å². The van der Waals surface area contributed by atoms with Crippen molar-refractivity contribution in [2.45, 2.75) is 20.8 Å². The minimum absolute atomic E-state index is 0.144. The van der Waals surface area contributed by atoms with Crippen molar-refractivity contribution in [1.82, 2.24) is 14.8 Å². The van der Waals surface area contributed by atoms with E-state index in [9.17, 15) is 19.7 Å². The number of nitro groups is 1. The number of nitrogens with one attached hydrogen (secondary N) is 1. The van der Waals surface area contributed by atoms with Gasteiger partial charge in [-0.3, -0.25) is 19.7 Å². The van der Waals surface area contributed by atoms with Crippen molar-refractivity contribution >= 4 is 17.3 Å². The highest BCUT2D eigenvalue weighted by Gasteiger charge is 2.20. The molecule has 1 amide bonds. The van der Waals surface area contributed by atoms with Gasteiger partial charge in [0.1, 0.15) is 11.4 Å². The molecule has 0 radical (unpaired) electrons. The van der Waals surface area contributed by atoms with E-state index in [4.69, 9.17) is 4.42 Å². The summed E-state index contributed by atoms with van der Waals surface area (Å²) in [4.78, 5) is 40.6. The first-order valence-corrected chi connectivity index (χ1v) is 9.95. The van der Waals surface area contributed by atoms with Crippen molar-refractivity contribution in [2.75, 3.05) is 5.32 Å². The van der Waals surface area contributed by atoms with Crippen molar-refractivity contribution < 1.29 is 14.1 Å². The van der Waals surface area contributed by atoms with E-state index >= 15 is 0 Å². The average Bonchev–Trinajstić information content (AvgIpc) is 3.12. The molecule has 33 heavy (non-hydrogen) atoms. The molecule has 0 spiro atoms. The third-order valence-corrected chi connectivity index (χ3v) is 5.03. The number of carbonyl (C=O) groups is 1. The number of nitro benzene ring substituents is 1. The second-order valence-corrected chi connectivity index (χ2v) is 7.35. The van der Waals surface area contributed by atoms with Gasteiger partial charge in [0.15, 0.2) is 5.69 Å². The molecule has 0 saturated carbocycles. The number of benzene rings is 2. The summed E-state index contributed by atoms with van der Waals surface area (Å²) in [6.07, 6.45) is 0. The SMILES string of the molecule is Cc1nc(-c2cccc(NC(=O)c3nn(-c4ccccc4[N+](=O)[O-])c(C)cc3=O)c2)oc1C. The molecule has 4 rings (SSSR count). The van der Waals surface area contributed by atoms with Gasteiger partial charge in [0.2, 0.25) is 11.3 Å². The molecule has 1 N–H and O–H groups in total. The van der Waals surface area contributed by atoms with Crippen molar-refractivity contribution in [3.63, 3.8) is 0 Å². The van der Waals surface area contributed by atoms with Crippen LogP contribution < -0.4 is 10.7 Å². The zero-order valence-electron chi connectivity index (χ0n) is 18.0. The summed E-state index contributed by atoms with van der Waals surface area (Å²) < 4.78 is 6.84. The number of nitrogens with zero attached hydrogens (tertiary/aromatic N) is 4. The smallest absolute Gasteiger partial charge is 0.294 e. The van der Waals surface area contributed by atoms with Crippen LogP contribution in [0.3, 0.4) is 0 Å². The lowest BCUT2D eigenvalue weighted by Crippen LogP contribution is -2.27. The van der Waals surface area contributed by atoms with E-state index in [2.05, 4.69) is 15.4 Å². The Morgan fingerprint density at radius 3 is 2.55 bits per heavy atom. The molecule has 0 unspecified atom stereocenters. The van der Waals surface area contributed by atoms with Crippen LogP contribution in [0.15, 0.2) is 63.8 Å². The first kappa shape index (κ1) is 21.6. The highest BCUT2D eigenvalue weighted by atomic mass is 16.6. The monoisotopic (exact) mass is 445 g/mol. The maximum Gasteiger partial charge on any atom is 0.294 e. The molecule has 10 heteroatoms. The van der Waals surface area contributed by atoms with Crippen molar-refractivity contribution in [1.29, 1.82) is 0 Å². The van der Waals surface area contributed by atoms with Gasteiger partial charge >= 0.3 is 0 Å². The zero-order valence-corrected chi connectivity index (χ0v) is 18.0. The number of aryl methyl sites for hydroxylation is 3. The van der Waals surface area contributed by atoms with Gasteiger partial charge in [-0.15, -0.1) is 0 Å². The van der Waals surface area contributed by atoms with Crippen LogP contribution in [-0.4, -0.2) is 25.6 Å². The number of amides is 1. The number of rotatable bonds is 5. The second kappa shape index (κ2) is 8.50. The quantitative estimate of drug-likeness (QED) is 0.363. The number of oxazole rings is 1. The van der Waals surface area contributed by atoms with Crippen LogP contribution in [-0.2, 0) is 0 Å². The summed E-state index contributed by atoms with van der Waals surface area (Å²) in [5.74, 6) is 0.358. The van der Waals surface area contributed by atoms with Crippen molar-refractivity contribution in [3.05, 3.63) is 97.8 Å². The van der Waals surface area contributed by atoms with Gasteiger partial charge in [-0.05, 0) is 45.0 Å². The molecular weight excluding hydrogens is 426 g/mol. The van der Waals surface area contributed by atoms with Crippen LogP contribution in [0.25, 0.3) is 17.1 Å². The number of hydrogen-bond acceptors (Lipinski definition) is 7. The number of hydrogen-bond donors (Lipinski definition) is 1. The molecule has 0 aliphatic heterocycles. The standard InChI is InChI=1S/C23H19N5O5/c1-13-11-20(29)21(26-27(13)18-9-4-5-10-19(18)28(31)32)22(30)25-17-8-6-7-16(12-17)23-24-14(2)15(3)33-23/h4-12H,1-3H3,(H,25,30). The van der Waals surface area contributed by atoms with Gasteiger partial charge in [0.25, 0.3) is 11.6 Å². The summed E-state index contributed by atoms with van der Waals surface area (Å²) in [7, 11) is 0. The third-order valence-electron chi connectivity index (χ3n) is 5.03. The highest BCUT2D eigenvalue weighted by Crippen LogP contribution is 2.25. The lowest BCUT2D eigenvalue weighted by Gasteiger charge is -2.12. The maximum absolute atomic E-state index is 12.9. The fraction of sp³-hybridized carbons (Fsp3) is 0.130. The summed E-state index contributed by atoms with van der Waals surface area (Å²) >= 11 is 0. The Morgan fingerprint density at radius 2 is 1.85 bits per heavy atom. The number of para-hydroxylation sites is 2. The molecule has 10 nitrogen and oxygen atoms in total. The van der Waals surface area contributed by atoms with Crippen molar-refractivity contribution in [2.24, 2.45) is 0 Å². The van der Waals surface area contributed by atoms with Crippen LogP contribution in [0.5, 0.6) is 0 Å². The molecule has 0 fully saturated rings. The van der Waals surface area contributed by atoms with Gasteiger partial charge in [-0.1, -0.05) is 18.2 Å². The van der Waals surface area contributed by atoms with Gasteiger partial charge in [-0.25, -0.2) is 9.67 Å². The fourth-order valence-corrected chi connectivity index (χ4v) is 3.26. The van der Waals surface area contributed by atoms with E-state index in [1.807, 2.05) is 13.8 Å². The molecular formula is C23H19N5O5. The number of anilines is 1. The topological polar surface area (TPSA) is 133 Å². The minimum Gasteiger partial charge on any atom is -0.441 e. The van der Waals surface area contributed by atoms with Crippen LogP contribution in [0, 0.1) is 30.9 Å². The van der Waals surface area contributed by atoms with Gasteiger partial charge < -0.3 is 9.73 Å². The van der Waals surface area contributed by atoms with Crippen LogP contribution >= 0.6 is 0 Å². The Kier molecular flexibility index (Phi) is 5.57. The van der Waals surface area contributed by atoms with E-state index in [1.165, 1.54) is 28.9 Å². The highest BCUT2D eigenvalue weighted by molar-refractivity contribution is 6.03. The first-order valence-electron chi connectivity index (χ1n) is 9.95. The van der Waals surface area contributed by atoms with E-state index < -0.39 is 22.0 Å². The lowest BCUT2D eigenvalue weighted by molar-refractivity contribution is -0.384. The molecule has 0 saturated heterocycles. The Bertz CT molecular complexity index is 1430. The maximum atomic E-state index is 12.9. The predicted molar refractivity (Wildman–Crippen MR) is 121 cm³/mol. The average molecular weight is 445 g/mol. The minimum atomic E-state index is -0.746. The number of aromatic nitrogens is 3. The van der Waals surface area contributed by atoms with Crippen molar-refractivity contribution in [3.8, 4) is 17.1 Å². The van der Waals surface area contributed by atoms with Gasteiger partial charge in [0, 0.05) is 29.1 Å². The van der Waals surface area contributed by atoms with Gasteiger partial charge in [0.05, 0.1) is 10.6 Å². The van der Waals surface area contributed by atoms with Crippen LogP contribution in [0.1, 0.15) is 27.6 Å². The molecule has 0 bridgehead atoms. The molecule has 0 aliphatic rings. The second-order valence-electron chi connectivity index (χ2n) is 7.35. The van der Waals surface area contributed by atoms with E-state index in [0.29, 0.717) is 28.6 Å². The summed E-state index contributed by atoms with van der Waals surface area (Å²) in [6.45, 7) is 5.22. The summed E-state index contributed by atoms with van der Waals surface area (Å²) in [5.41, 5.74) is 1.12. The number of carbonyl (C=O) groups excluding carboxylic acids is 1. The van der Waals surface area contributed by atoms with E-state index in [1.54, 1.807) is 37.3 Å². The molecule has 4 aromatic rings. The molecule has 2 aromatic carbocycles. The third kappa shape index (κ3) is 4.26. The molecule has 166 valence electrons. The summed E-state index contributed by atoms with van der Waals surface area (Å²) in [5, 5.41) is 18.2. The predicted octanol–water partition coefficient (Wildman–Crippen LogP) is 3.97. The van der Waals surface area contributed by atoms with Crippen LogP contribution in [0.4, 0.5) is 11.4 Å². The Morgan fingerprint density at radius 1 is 1.09 bits per heavy atom. The van der Waals surface area contributed by atoms with Gasteiger partial charge in [-0.2, -0.15) is 5.10 Å². The Labute approximate surface area is 187 Å². The fourth-order valence-electron chi connectivity index (χ4n) is 3.26. The Hall–Kier alpha value is -4.60. The molecule has 0 atom stereocenters. The largest absolute Gasteiger partial charge is 0.441 e. The lowest BCUT2D eigenvalue weighted by atomic mass is 10.2. The van der Waals surface area contributed by atoms with E-state index in [0.717, 1.165) is 5.69 Å². The van der Waals surface area contributed by atoms with Crippen LogP contribution in [0.2, 0.25) is 0 Å². The normalized spacial score (nSPS) is 10.8. The molecule has 2 aromatic heterocycles. The first-order chi connectivity index (χ1) is 15.7. The molecule has 2 heterocycles. The molecule has 0 aliphatic carbocycles.